The lowest BCUT2D eigenvalue weighted by atomic mass is 9.92. The molecular formula is C26H34Cl2N2O4S. The zero-order valence-corrected chi connectivity index (χ0v) is 23.2. The number of methoxy groups -OCH3 is 1. The van der Waals surface area contributed by atoms with E-state index in [4.69, 9.17) is 27.9 Å². The summed E-state index contributed by atoms with van der Waals surface area (Å²) in [6, 6.07) is 8.80. The first-order valence-electron chi connectivity index (χ1n) is 11.8. The quantitative estimate of drug-likeness (QED) is 0.455. The lowest BCUT2D eigenvalue weighted by Crippen LogP contribution is -2.46. The lowest BCUT2D eigenvalue weighted by molar-refractivity contribution is -0.126. The van der Waals surface area contributed by atoms with Crippen molar-refractivity contribution in [1.82, 2.24) is 9.62 Å². The number of sulfonamides is 1. The van der Waals surface area contributed by atoms with E-state index in [0.29, 0.717) is 35.0 Å². The number of nitrogens with zero attached hydrogens (tertiary/aromatic N) is 1. The standard InChI is InChI=1S/C26H34Cl2N2O4S/c1-16(2)20-13-21(17(3)12-25(20)34-5)18(4)29-26(31)19-8-7-11-30(14-19)35(32,33)15-22-23(27)9-6-10-24(22)28/h6,9-10,12-13,16,18-19H,7-8,11,14-15H2,1-5H3,(H,29,31). The lowest BCUT2D eigenvalue weighted by Gasteiger charge is -2.32. The molecule has 0 radical (unpaired) electrons. The molecule has 2 aromatic rings. The van der Waals surface area contributed by atoms with Gasteiger partial charge in [-0.3, -0.25) is 4.79 Å². The Morgan fingerprint density at radius 3 is 2.43 bits per heavy atom. The van der Waals surface area contributed by atoms with E-state index in [1.54, 1.807) is 25.3 Å². The number of nitrogens with one attached hydrogen (secondary N) is 1. The molecule has 192 valence electrons. The minimum absolute atomic E-state index is 0.141. The van der Waals surface area contributed by atoms with E-state index in [1.165, 1.54) is 4.31 Å². The van der Waals surface area contributed by atoms with Crippen molar-refractivity contribution in [2.75, 3.05) is 20.2 Å². The molecule has 35 heavy (non-hydrogen) atoms. The minimum atomic E-state index is -3.69. The molecule has 0 bridgehead atoms. The number of amides is 1. The van der Waals surface area contributed by atoms with Crippen molar-refractivity contribution < 1.29 is 17.9 Å². The number of rotatable bonds is 8. The summed E-state index contributed by atoms with van der Waals surface area (Å²) in [5.74, 6) is 0.252. The molecule has 0 spiro atoms. The number of aryl methyl sites for hydroxylation is 1. The molecule has 0 aromatic heterocycles. The predicted molar refractivity (Wildman–Crippen MR) is 142 cm³/mol. The smallest absolute Gasteiger partial charge is 0.224 e. The summed E-state index contributed by atoms with van der Waals surface area (Å²) in [4.78, 5) is 13.2. The Labute approximate surface area is 219 Å². The van der Waals surface area contributed by atoms with Gasteiger partial charge in [0, 0.05) is 28.7 Å². The fraction of sp³-hybridized carbons (Fsp3) is 0.500. The predicted octanol–water partition coefficient (Wildman–Crippen LogP) is 5.85. The van der Waals surface area contributed by atoms with Crippen molar-refractivity contribution in [2.45, 2.75) is 58.2 Å². The summed E-state index contributed by atoms with van der Waals surface area (Å²) < 4.78 is 33.2. The van der Waals surface area contributed by atoms with Crippen molar-refractivity contribution in [1.29, 1.82) is 0 Å². The van der Waals surface area contributed by atoms with E-state index in [1.807, 2.05) is 19.9 Å². The Bertz CT molecular complexity index is 1160. The van der Waals surface area contributed by atoms with Crippen LogP contribution in [0.5, 0.6) is 5.75 Å². The monoisotopic (exact) mass is 540 g/mol. The molecule has 2 unspecified atom stereocenters. The summed E-state index contributed by atoms with van der Waals surface area (Å²) in [6.45, 7) is 8.67. The van der Waals surface area contributed by atoms with Crippen molar-refractivity contribution >= 4 is 39.1 Å². The third-order valence-corrected chi connectivity index (χ3v) is 9.08. The highest BCUT2D eigenvalue weighted by molar-refractivity contribution is 7.88. The maximum absolute atomic E-state index is 13.2. The molecule has 2 aromatic carbocycles. The van der Waals surface area contributed by atoms with E-state index in [2.05, 4.69) is 25.2 Å². The van der Waals surface area contributed by atoms with Crippen LogP contribution in [0.15, 0.2) is 30.3 Å². The van der Waals surface area contributed by atoms with Crippen LogP contribution in [0.1, 0.15) is 67.8 Å². The van der Waals surface area contributed by atoms with Crippen LogP contribution in [-0.4, -0.2) is 38.8 Å². The van der Waals surface area contributed by atoms with Crippen LogP contribution in [0.25, 0.3) is 0 Å². The number of benzene rings is 2. The van der Waals surface area contributed by atoms with Crippen LogP contribution in [0.4, 0.5) is 0 Å². The second kappa shape index (κ2) is 11.5. The number of carbonyl (C=O) groups is 1. The number of carbonyl (C=O) groups excluding carboxylic acids is 1. The molecule has 1 aliphatic heterocycles. The van der Waals surface area contributed by atoms with Gasteiger partial charge in [-0.15, -0.1) is 0 Å². The van der Waals surface area contributed by atoms with Crippen molar-refractivity contribution in [3.05, 3.63) is 62.6 Å². The van der Waals surface area contributed by atoms with Gasteiger partial charge in [0.1, 0.15) is 5.75 Å². The van der Waals surface area contributed by atoms with Gasteiger partial charge >= 0.3 is 0 Å². The van der Waals surface area contributed by atoms with Crippen LogP contribution in [0.3, 0.4) is 0 Å². The number of halogens is 2. The largest absolute Gasteiger partial charge is 0.496 e. The molecule has 3 rings (SSSR count). The number of hydrogen-bond acceptors (Lipinski definition) is 4. The Kier molecular flexibility index (Phi) is 9.13. The van der Waals surface area contributed by atoms with Crippen LogP contribution < -0.4 is 10.1 Å². The van der Waals surface area contributed by atoms with Gasteiger partial charge < -0.3 is 10.1 Å². The third kappa shape index (κ3) is 6.50. The van der Waals surface area contributed by atoms with Gasteiger partial charge in [0.25, 0.3) is 0 Å². The van der Waals surface area contributed by atoms with Gasteiger partial charge in [-0.25, -0.2) is 12.7 Å². The van der Waals surface area contributed by atoms with Gasteiger partial charge in [-0.05, 0) is 73.6 Å². The van der Waals surface area contributed by atoms with Crippen molar-refractivity contribution in [3.8, 4) is 5.75 Å². The second-order valence-corrected chi connectivity index (χ2v) is 12.3. The number of piperidine rings is 1. The molecule has 2 atom stereocenters. The second-order valence-electron chi connectivity index (χ2n) is 9.49. The van der Waals surface area contributed by atoms with E-state index in [9.17, 15) is 13.2 Å². The Morgan fingerprint density at radius 2 is 1.83 bits per heavy atom. The molecule has 0 aliphatic carbocycles. The van der Waals surface area contributed by atoms with Gasteiger partial charge in [0.15, 0.2) is 0 Å². The topological polar surface area (TPSA) is 75.7 Å². The number of hydrogen-bond donors (Lipinski definition) is 1. The van der Waals surface area contributed by atoms with Gasteiger partial charge in [0.05, 0.1) is 24.8 Å². The Balaban J connectivity index is 1.72. The maximum Gasteiger partial charge on any atom is 0.224 e. The molecule has 1 saturated heterocycles. The van der Waals surface area contributed by atoms with E-state index < -0.39 is 15.9 Å². The Hall–Kier alpha value is -1.80. The zero-order valence-electron chi connectivity index (χ0n) is 20.9. The average molecular weight is 542 g/mol. The summed E-state index contributed by atoms with van der Waals surface area (Å²) >= 11 is 12.4. The number of ether oxygens (including phenoxy) is 1. The van der Waals surface area contributed by atoms with E-state index >= 15 is 0 Å². The van der Waals surface area contributed by atoms with E-state index in [0.717, 1.165) is 22.4 Å². The van der Waals surface area contributed by atoms with Gasteiger partial charge in [-0.1, -0.05) is 43.1 Å². The van der Waals surface area contributed by atoms with Crippen LogP contribution in [0.2, 0.25) is 10.0 Å². The molecular weight excluding hydrogens is 507 g/mol. The van der Waals surface area contributed by atoms with Crippen molar-refractivity contribution in [2.24, 2.45) is 5.92 Å². The molecule has 1 aliphatic rings. The highest BCUT2D eigenvalue weighted by atomic mass is 35.5. The maximum atomic E-state index is 13.2. The average Bonchev–Trinajstić information content (AvgIpc) is 2.81. The fourth-order valence-electron chi connectivity index (χ4n) is 4.57. The fourth-order valence-corrected chi connectivity index (χ4v) is 6.93. The molecule has 9 heteroatoms. The highest BCUT2D eigenvalue weighted by Crippen LogP contribution is 2.33. The SMILES string of the molecule is COc1cc(C)c(C(C)NC(=O)C2CCCN(S(=O)(=O)Cc3c(Cl)cccc3Cl)C2)cc1C(C)C. The highest BCUT2D eigenvalue weighted by Gasteiger charge is 2.33. The first-order valence-corrected chi connectivity index (χ1v) is 14.2. The summed E-state index contributed by atoms with van der Waals surface area (Å²) in [5, 5.41) is 3.74. The first-order chi connectivity index (χ1) is 16.4. The first kappa shape index (κ1) is 27.8. The van der Waals surface area contributed by atoms with Crippen LogP contribution in [-0.2, 0) is 20.6 Å². The van der Waals surface area contributed by atoms with Crippen molar-refractivity contribution in [3.63, 3.8) is 0 Å². The minimum Gasteiger partial charge on any atom is -0.496 e. The van der Waals surface area contributed by atoms with Crippen LogP contribution in [0, 0.1) is 12.8 Å². The zero-order chi connectivity index (χ0) is 25.9. The Morgan fingerprint density at radius 1 is 1.17 bits per heavy atom. The van der Waals surface area contributed by atoms with Gasteiger partial charge in [0.2, 0.25) is 15.9 Å². The molecule has 1 amide bonds. The molecule has 6 nitrogen and oxygen atoms in total. The normalized spacial score (nSPS) is 17.9. The summed E-state index contributed by atoms with van der Waals surface area (Å²) in [7, 11) is -2.03. The third-order valence-electron chi connectivity index (χ3n) is 6.60. The van der Waals surface area contributed by atoms with E-state index in [-0.39, 0.29) is 30.2 Å². The molecule has 1 N–H and O–H groups in total. The summed E-state index contributed by atoms with van der Waals surface area (Å²) in [6.07, 6.45) is 1.25. The molecule has 1 fully saturated rings. The van der Waals surface area contributed by atoms with Crippen LogP contribution >= 0.6 is 23.2 Å². The molecule has 0 saturated carbocycles. The van der Waals surface area contributed by atoms with Gasteiger partial charge in [-0.2, -0.15) is 0 Å². The summed E-state index contributed by atoms with van der Waals surface area (Å²) in [5.41, 5.74) is 3.52. The molecule has 1 heterocycles.